The highest BCUT2D eigenvalue weighted by atomic mass is 16.6. The van der Waals surface area contributed by atoms with E-state index in [1.807, 2.05) is 0 Å². The zero-order valence-electron chi connectivity index (χ0n) is 8.81. The van der Waals surface area contributed by atoms with Gasteiger partial charge in [-0.3, -0.25) is 0 Å². The lowest BCUT2D eigenvalue weighted by molar-refractivity contribution is 0.0137. The van der Waals surface area contributed by atoms with Gasteiger partial charge < -0.3 is 10.2 Å². The predicted octanol–water partition coefficient (Wildman–Crippen LogP) is 1.16. The van der Waals surface area contributed by atoms with Gasteiger partial charge in [0.2, 0.25) is 0 Å². The molecule has 0 bridgehead atoms. The van der Waals surface area contributed by atoms with Crippen LogP contribution in [-0.4, -0.2) is 26.2 Å². The van der Waals surface area contributed by atoms with E-state index in [1.165, 1.54) is 12.8 Å². The van der Waals surface area contributed by atoms with Crippen LogP contribution in [0.4, 0.5) is 0 Å². The van der Waals surface area contributed by atoms with Crippen molar-refractivity contribution >= 4 is 0 Å². The molecule has 0 aliphatic carbocycles. The van der Waals surface area contributed by atoms with Crippen molar-refractivity contribution in [1.29, 1.82) is 0 Å². The lowest BCUT2D eigenvalue weighted by atomic mass is 9.99. The van der Waals surface area contributed by atoms with E-state index in [2.05, 4.69) is 24.6 Å². The highest BCUT2D eigenvalue weighted by molar-refractivity contribution is 4.68. The smallest absolute Gasteiger partial charge is 0.0705 e. The van der Waals surface area contributed by atoms with Crippen molar-refractivity contribution in [1.82, 2.24) is 10.8 Å². The zero-order chi connectivity index (χ0) is 9.52. The van der Waals surface area contributed by atoms with E-state index < -0.39 is 0 Å². The highest BCUT2D eigenvalue weighted by Gasteiger charge is 2.11. The molecule has 0 radical (unpaired) electrons. The summed E-state index contributed by atoms with van der Waals surface area (Å²) in [6, 6.07) is 0. The van der Waals surface area contributed by atoms with E-state index in [0.29, 0.717) is 5.92 Å². The number of hydrogen-bond acceptors (Lipinski definition) is 3. The Kier molecular flexibility index (Phi) is 5.35. The summed E-state index contributed by atoms with van der Waals surface area (Å²) < 4.78 is 0. The molecule has 0 aromatic heterocycles. The fourth-order valence-corrected chi connectivity index (χ4v) is 1.49. The molecule has 0 saturated carbocycles. The molecule has 1 fully saturated rings. The molecule has 78 valence electrons. The Bertz CT molecular complexity index is 122. The van der Waals surface area contributed by atoms with Crippen LogP contribution in [0.15, 0.2) is 0 Å². The monoisotopic (exact) mass is 186 g/mol. The SMILES string of the molecule is CC(C)CONCC1CCNCC1. The Hall–Kier alpha value is -0.120. The second-order valence-corrected chi connectivity index (χ2v) is 4.25. The third-order valence-electron chi connectivity index (χ3n) is 2.35. The van der Waals surface area contributed by atoms with Gasteiger partial charge in [-0.15, -0.1) is 0 Å². The van der Waals surface area contributed by atoms with Gasteiger partial charge in [-0.05, 0) is 37.8 Å². The summed E-state index contributed by atoms with van der Waals surface area (Å²) in [5, 5.41) is 3.35. The van der Waals surface area contributed by atoms with Crippen molar-refractivity contribution in [2.24, 2.45) is 11.8 Å². The van der Waals surface area contributed by atoms with Crippen molar-refractivity contribution in [3.8, 4) is 0 Å². The van der Waals surface area contributed by atoms with Gasteiger partial charge in [0.05, 0.1) is 6.61 Å². The van der Waals surface area contributed by atoms with Crippen LogP contribution in [0.25, 0.3) is 0 Å². The molecule has 13 heavy (non-hydrogen) atoms. The van der Waals surface area contributed by atoms with Crippen molar-refractivity contribution < 1.29 is 4.84 Å². The first-order chi connectivity index (χ1) is 6.29. The summed E-state index contributed by atoms with van der Waals surface area (Å²) in [5.74, 6) is 1.41. The molecule has 0 spiro atoms. The van der Waals surface area contributed by atoms with Crippen LogP contribution in [-0.2, 0) is 4.84 Å². The summed E-state index contributed by atoms with van der Waals surface area (Å²) in [7, 11) is 0. The maximum absolute atomic E-state index is 5.33. The topological polar surface area (TPSA) is 33.3 Å². The molecule has 1 aliphatic heterocycles. The van der Waals surface area contributed by atoms with Crippen LogP contribution in [0.3, 0.4) is 0 Å². The Morgan fingerprint density at radius 2 is 2.08 bits per heavy atom. The van der Waals surface area contributed by atoms with Gasteiger partial charge in [0.15, 0.2) is 0 Å². The molecule has 0 unspecified atom stereocenters. The zero-order valence-corrected chi connectivity index (χ0v) is 8.81. The van der Waals surface area contributed by atoms with Crippen molar-refractivity contribution in [3.63, 3.8) is 0 Å². The van der Waals surface area contributed by atoms with E-state index in [9.17, 15) is 0 Å². The molecule has 0 aromatic carbocycles. The Morgan fingerprint density at radius 1 is 1.38 bits per heavy atom. The number of rotatable bonds is 5. The molecule has 3 heteroatoms. The first-order valence-corrected chi connectivity index (χ1v) is 5.34. The molecule has 1 aliphatic rings. The van der Waals surface area contributed by atoms with Gasteiger partial charge in [-0.2, -0.15) is 0 Å². The molecule has 0 amide bonds. The fraction of sp³-hybridized carbons (Fsp3) is 1.00. The van der Waals surface area contributed by atoms with E-state index in [4.69, 9.17) is 4.84 Å². The number of piperidine rings is 1. The average molecular weight is 186 g/mol. The first kappa shape index (κ1) is 11.0. The van der Waals surface area contributed by atoms with Crippen molar-refractivity contribution in [2.45, 2.75) is 26.7 Å². The molecule has 1 rings (SSSR count). The average Bonchev–Trinajstić information content (AvgIpc) is 2.14. The fourth-order valence-electron chi connectivity index (χ4n) is 1.49. The molecule has 0 aromatic rings. The van der Waals surface area contributed by atoms with Crippen molar-refractivity contribution in [2.75, 3.05) is 26.2 Å². The quantitative estimate of drug-likeness (QED) is 0.499. The molecule has 1 heterocycles. The van der Waals surface area contributed by atoms with Gasteiger partial charge in [0.25, 0.3) is 0 Å². The van der Waals surface area contributed by atoms with Crippen LogP contribution in [0, 0.1) is 11.8 Å². The standard InChI is InChI=1S/C10H22N2O/c1-9(2)8-13-12-7-10-3-5-11-6-4-10/h9-12H,3-8H2,1-2H3. The highest BCUT2D eigenvalue weighted by Crippen LogP contribution is 2.09. The number of hydrogen-bond donors (Lipinski definition) is 2. The number of nitrogens with one attached hydrogen (secondary N) is 2. The van der Waals surface area contributed by atoms with E-state index in [-0.39, 0.29) is 0 Å². The van der Waals surface area contributed by atoms with Crippen LogP contribution in [0.2, 0.25) is 0 Å². The maximum atomic E-state index is 5.33. The van der Waals surface area contributed by atoms with Gasteiger partial charge in [0.1, 0.15) is 0 Å². The molecular weight excluding hydrogens is 164 g/mol. The van der Waals surface area contributed by atoms with Gasteiger partial charge in [-0.1, -0.05) is 13.8 Å². The normalized spacial score (nSPS) is 19.6. The van der Waals surface area contributed by atoms with Crippen LogP contribution in [0.1, 0.15) is 26.7 Å². The second-order valence-electron chi connectivity index (χ2n) is 4.25. The summed E-state index contributed by atoms with van der Waals surface area (Å²) in [6.45, 7) is 8.46. The minimum Gasteiger partial charge on any atom is -0.317 e. The minimum atomic E-state index is 0.612. The van der Waals surface area contributed by atoms with Gasteiger partial charge in [0, 0.05) is 6.54 Å². The third kappa shape index (κ3) is 5.24. The molecule has 1 saturated heterocycles. The lowest BCUT2D eigenvalue weighted by Gasteiger charge is -2.22. The Balaban J connectivity index is 1.92. The Labute approximate surface area is 81.2 Å². The van der Waals surface area contributed by atoms with Crippen LogP contribution >= 0.6 is 0 Å². The van der Waals surface area contributed by atoms with E-state index in [0.717, 1.165) is 32.2 Å². The summed E-state index contributed by atoms with van der Waals surface area (Å²) in [6.07, 6.45) is 2.55. The van der Waals surface area contributed by atoms with Gasteiger partial charge in [-0.25, -0.2) is 5.48 Å². The summed E-state index contributed by atoms with van der Waals surface area (Å²) in [5.41, 5.74) is 3.06. The largest absolute Gasteiger partial charge is 0.317 e. The maximum Gasteiger partial charge on any atom is 0.0705 e. The minimum absolute atomic E-state index is 0.612. The second kappa shape index (κ2) is 6.35. The molecule has 2 N–H and O–H groups in total. The molecule has 3 nitrogen and oxygen atoms in total. The molecule has 0 atom stereocenters. The lowest BCUT2D eigenvalue weighted by Crippen LogP contribution is -2.34. The van der Waals surface area contributed by atoms with E-state index >= 15 is 0 Å². The number of hydroxylamine groups is 1. The van der Waals surface area contributed by atoms with Crippen LogP contribution < -0.4 is 10.8 Å². The molecular formula is C10H22N2O. The van der Waals surface area contributed by atoms with Gasteiger partial charge >= 0.3 is 0 Å². The van der Waals surface area contributed by atoms with E-state index in [1.54, 1.807) is 0 Å². The Morgan fingerprint density at radius 3 is 2.69 bits per heavy atom. The third-order valence-corrected chi connectivity index (χ3v) is 2.35. The predicted molar refractivity (Wildman–Crippen MR) is 54.4 cm³/mol. The van der Waals surface area contributed by atoms with Crippen molar-refractivity contribution in [3.05, 3.63) is 0 Å². The van der Waals surface area contributed by atoms with Crippen LogP contribution in [0.5, 0.6) is 0 Å². The summed E-state index contributed by atoms with van der Waals surface area (Å²) in [4.78, 5) is 5.33. The first-order valence-electron chi connectivity index (χ1n) is 5.34. The summed E-state index contributed by atoms with van der Waals surface area (Å²) >= 11 is 0.